The molecule has 4 nitrogen and oxygen atoms in total. The quantitative estimate of drug-likeness (QED) is 0.748. The molecule has 1 fully saturated rings. The second-order valence-electron chi connectivity index (χ2n) is 6.91. The van der Waals surface area contributed by atoms with Crippen LogP contribution in [0.2, 0.25) is 0 Å². The molecule has 0 aliphatic carbocycles. The van der Waals surface area contributed by atoms with Crippen molar-refractivity contribution in [2.45, 2.75) is 45.4 Å². The number of nitrogens with zero attached hydrogens (tertiary/aromatic N) is 1. The van der Waals surface area contributed by atoms with Gasteiger partial charge in [-0.15, -0.1) is 0 Å². The van der Waals surface area contributed by atoms with Crippen molar-refractivity contribution >= 4 is 22.5 Å². The average molecular weight is 325 g/mol. The molecular weight excluding hydrogens is 298 g/mol. The molecule has 1 aromatic carbocycles. The van der Waals surface area contributed by atoms with Gasteiger partial charge in [0.15, 0.2) is 0 Å². The number of aromatic nitrogens is 1. The maximum atomic E-state index is 12.7. The van der Waals surface area contributed by atoms with Crippen LogP contribution in [0.4, 0.5) is 0 Å². The Balaban J connectivity index is 1.52. The van der Waals surface area contributed by atoms with Crippen molar-refractivity contribution in [2.24, 2.45) is 5.92 Å². The molecule has 3 rings (SSSR count). The molecule has 1 aliphatic heterocycles. The standard InChI is InChI=1S/C20H27N3O/c1-2-3-18(21)7-4-15-9-12-23(13-10-15)20(24)17-6-5-16-8-11-22-19(16)14-17/h5-6,8,11,14-15,21-22H,2-4,7,9-10,12-13H2,1H3. The van der Waals surface area contributed by atoms with Crippen LogP contribution in [0.15, 0.2) is 30.5 Å². The fraction of sp³-hybridized carbons (Fsp3) is 0.500. The number of fused-ring (bicyclic) bond motifs is 1. The number of hydrogen-bond acceptors (Lipinski definition) is 2. The van der Waals surface area contributed by atoms with Gasteiger partial charge in [-0.05, 0) is 61.6 Å². The molecule has 0 radical (unpaired) electrons. The fourth-order valence-electron chi connectivity index (χ4n) is 3.59. The Labute approximate surface area is 143 Å². The van der Waals surface area contributed by atoms with Crippen LogP contribution in [0, 0.1) is 11.3 Å². The number of hydrogen-bond donors (Lipinski definition) is 2. The first kappa shape index (κ1) is 16.7. The van der Waals surface area contributed by atoms with Crippen molar-refractivity contribution in [2.75, 3.05) is 13.1 Å². The highest BCUT2D eigenvalue weighted by molar-refractivity contribution is 5.98. The number of carbonyl (C=O) groups is 1. The summed E-state index contributed by atoms with van der Waals surface area (Å²) < 4.78 is 0. The minimum absolute atomic E-state index is 0.142. The van der Waals surface area contributed by atoms with E-state index in [4.69, 9.17) is 5.41 Å². The SMILES string of the molecule is CCCC(=N)CCC1CCN(C(=O)c2ccc3cc[nH]c3c2)CC1. The van der Waals surface area contributed by atoms with E-state index in [0.717, 1.165) is 73.8 Å². The average Bonchev–Trinajstić information content (AvgIpc) is 3.08. The number of nitrogens with one attached hydrogen (secondary N) is 2. The van der Waals surface area contributed by atoms with Crippen molar-refractivity contribution < 1.29 is 4.79 Å². The number of rotatable bonds is 6. The lowest BCUT2D eigenvalue weighted by Crippen LogP contribution is -2.38. The summed E-state index contributed by atoms with van der Waals surface area (Å²) in [7, 11) is 0. The van der Waals surface area contributed by atoms with E-state index in [1.807, 2.05) is 35.4 Å². The predicted octanol–water partition coefficient (Wildman–Crippen LogP) is 4.62. The van der Waals surface area contributed by atoms with E-state index in [-0.39, 0.29) is 5.91 Å². The van der Waals surface area contributed by atoms with Gasteiger partial charge in [0.25, 0.3) is 5.91 Å². The van der Waals surface area contributed by atoms with E-state index in [2.05, 4.69) is 11.9 Å². The van der Waals surface area contributed by atoms with Gasteiger partial charge in [0.2, 0.25) is 0 Å². The molecule has 1 saturated heterocycles. The highest BCUT2D eigenvalue weighted by Gasteiger charge is 2.23. The Bertz CT molecular complexity index is 710. The van der Waals surface area contributed by atoms with Crippen molar-refractivity contribution in [1.82, 2.24) is 9.88 Å². The molecule has 128 valence electrons. The van der Waals surface area contributed by atoms with Crippen LogP contribution in [-0.4, -0.2) is 34.6 Å². The first-order valence-corrected chi connectivity index (χ1v) is 9.10. The molecule has 0 atom stereocenters. The van der Waals surface area contributed by atoms with E-state index >= 15 is 0 Å². The zero-order chi connectivity index (χ0) is 16.9. The molecule has 24 heavy (non-hydrogen) atoms. The minimum Gasteiger partial charge on any atom is -0.361 e. The number of carbonyl (C=O) groups excluding carboxylic acids is 1. The summed E-state index contributed by atoms with van der Waals surface area (Å²) in [5, 5.41) is 9.05. The summed E-state index contributed by atoms with van der Waals surface area (Å²) in [6, 6.07) is 7.91. The van der Waals surface area contributed by atoms with Gasteiger partial charge in [-0.3, -0.25) is 4.79 Å². The highest BCUT2D eigenvalue weighted by Crippen LogP contribution is 2.24. The van der Waals surface area contributed by atoms with E-state index in [0.29, 0.717) is 5.92 Å². The van der Waals surface area contributed by atoms with Crippen LogP contribution in [0.3, 0.4) is 0 Å². The zero-order valence-electron chi connectivity index (χ0n) is 14.5. The summed E-state index contributed by atoms with van der Waals surface area (Å²) in [5.41, 5.74) is 2.67. The van der Waals surface area contributed by atoms with E-state index in [9.17, 15) is 4.79 Å². The Kier molecular flexibility index (Phi) is 5.34. The summed E-state index contributed by atoms with van der Waals surface area (Å²) in [6.07, 6.45) is 8.06. The summed E-state index contributed by atoms with van der Waals surface area (Å²) in [6.45, 7) is 3.81. The first-order chi connectivity index (χ1) is 11.7. The van der Waals surface area contributed by atoms with Gasteiger partial charge < -0.3 is 15.3 Å². The smallest absolute Gasteiger partial charge is 0.253 e. The Hall–Kier alpha value is -2.10. The third kappa shape index (κ3) is 3.86. The van der Waals surface area contributed by atoms with Crippen molar-refractivity contribution in [3.8, 4) is 0 Å². The molecule has 1 aliphatic rings. The third-order valence-electron chi connectivity index (χ3n) is 5.11. The number of benzene rings is 1. The number of aromatic amines is 1. The second kappa shape index (κ2) is 7.65. The van der Waals surface area contributed by atoms with Gasteiger partial charge in [0, 0.05) is 36.1 Å². The van der Waals surface area contributed by atoms with Gasteiger partial charge in [0.05, 0.1) is 0 Å². The van der Waals surface area contributed by atoms with Gasteiger partial charge in [-0.2, -0.15) is 0 Å². The van der Waals surface area contributed by atoms with Crippen LogP contribution in [0.25, 0.3) is 10.9 Å². The minimum atomic E-state index is 0.142. The molecule has 1 amide bonds. The molecule has 1 aromatic heterocycles. The van der Waals surface area contributed by atoms with Gasteiger partial charge >= 0.3 is 0 Å². The molecule has 2 heterocycles. The van der Waals surface area contributed by atoms with Crippen molar-refractivity contribution in [1.29, 1.82) is 5.41 Å². The Morgan fingerprint density at radius 2 is 2.04 bits per heavy atom. The maximum absolute atomic E-state index is 12.7. The van der Waals surface area contributed by atoms with Crippen LogP contribution < -0.4 is 0 Å². The zero-order valence-corrected chi connectivity index (χ0v) is 14.5. The molecular formula is C20H27N3O. The summed E-state index contributed by atoms with van der Waals surface area (Å²) in [5.74, 6) is 0.806. The third-order valence-corrected chi connectivity index (χ3v) is 5.11. The van der Waals surface area contributed by atoms with Gasteiger partial charge in [-0.1, -0.05) is 19.4 Å². The number of H-pyrrole nitrogens is 1. The molecule has 0 spiro atoms. The van der Waals surface area contributed by atoms with E-state index in [1.165, 1.54) is 0 Å². The van der Waals surface area contributed by atoms with Crippen LogP contribution in [-0.2, 0) is 0 Å². The van der Waals surface area contributed by atoms with Crippen molar-refractivity contribution in [3.63, 3.8) is 0 Å². The molecule has 0 unspecified atom stereocenters. The lowest BCUT2D eigenvalue weighted by atomic mass is 9.90. The monoisotopic (exact) mass is 325 g/mol. The van der Waals surface area contributed by atoms with E-state index in [1.54, 1.807) is 0 Å². The van der Waals surface area contributed by atoms with Crippen LogP contribution in [0.1, 0.15) is 55.8 Å². The lowest BCUT2D eigenvalue weighted by molar-refractivity contribution is 0.0687. The van der Waals surface area contributed by atoms with E-state index < -0.39 is 0 Å². The van der Waals surface area contributed by atoms with Crippen LogP contribution >= 0.6 is 0 Å². The lowest BCUT2D eigenvalue weighted by Gasteiger charge is -2.32. The topological polar surface area (TPSA) is 60.0 Å². The number of likely N-dealkylation sites (tertiary alicyclic amines) is 1. The Morgan fingerprint density at radius 3 is 2.79 bits per heavy atom. The van der Waals surface area contributed by atoms with Gasteiger partial charge in [0.1, 0.15) is 0 Å². The van der Waals surface area contributed by atoms with Gasteiger partial charge in [-0.25, -0.2) is 0 Å². The number of piperidine rings is 1. The molecule has 2 N–H and O–H groups in total. The number of amides is 1. The predicted molar refractivity (Wildman–Crippen MR) is 98.8 cm³/mol. The normalized spacial score (nSPS) is 15.8. The van der Waals surface area contributed by atoms with Crippen molar-refractivity contribution in [3.05, 3.63) is 36.0 Å². The molecule has 4 heteroatoms. The maximum Gasteiger partial charge on any atom is 0.253 e. The van der Waals surface area contributed by atoms with Crippen LogP contribution in [0.5, 0.6) is 0 Å². The molecule has 0 bridgehead atoms. The highest BCUT2D eigenvalue weighted by atomic mass is 16.2. The molecule has 0 saturated carbocycles. The first-order valence-electron chi connectivity index (χ1n) is 9.10. The second-order valence-corrected chi connectivity index (χ2v) is 6.91. The fourth-order valence-corrected chi connectivity index (χ4v) is 3.59. The largest absolute Gasteiger partial charge is 0.361 e. The molecule has 2 aromatic rings. The Morgan fingerprint density at radius 1 is 1.25 bits per heavy atom. The summed E-state index contributed by atoms with van der Waals surface area (Å²) >= 11 is 0. The summed E-state index contributed by atoms with van der Waals surface area (Å²) in [4.78, 5) is 17.9.